The van der Waals surface area contributed by atoms with Gasteiger partial charge in [-0.2, -0.15) is 13.2 Å². The second kappa shape index (κ2) is 11.3. The molecule has 1 fully saturated rings. The topological polar surface area (TPSA) is 117 Å². The van der Waals surface area contributed by atoms with Crippen molar-refractivity contribution < 1.29 is 22.8 Å². The highest BCUT2D eigenvalue weighted by atomic mass is 35.5. The monoisotopic (exact) mass is 548 g/mol. The molecule has 2 aromatic carbocycles. The first-order valence-corrected chi connectivity index (χ1v) is 12.4. The minimum atomic E-state index is -4.57. The number of allylic oxidation sites excluding steroid dienone is 1. The van der Waals surface area contributed by atoms with Gasteiger partial charge in [0.2, 0.25) is 0 Å². The molecule has 2 aliphatic heterocycles. The first-order chi connectivity index (χ1) is 18.0. The van der Waals surface area contributed by atoms with Crippen LogP contribution in [0.1, 0.15) is 34.3 Å². The van der Waals surface area contributed by atoms with Crippen LogP contribution in [-0.4, -0.2) is 47.8 Å². The maximum atomic E-state index is 13.6. The summed E-state index contributed by atoms with van der Waals surface area (Å²) in [4.78, 5) is 28.9. The number of rotatable bonds is 6. The summed E-state index contributed by atoms with van der Waals surface area (Å²) in [5, 5.41) is 5.77. The third-order valence-corrected chi connectivity index (χ3v) is 6.60. The van der Waals surface area contributed by atoms with Gasteiger partial charge in [-0.3, -0.25) is 9.59 Å². The lowest BCUT2D eigenvalue weighted by Crippen LogP contribution is -2.41. The van der Waals surface area contributed by atoms with Crippen molar-refractivity contribution in [3.05, 3.63) is 87.5 Å². The van der Waals surface area contributed by atoms with E-state index in [4.69, 9.17) is 23.1 Å². The van der Waals surface area contributed by atoms with Crippen LogP contribution in [0.25, 0.3) is 0 Å². The molecule has 0 unspecified atom stereocenters. The maximum absolute atomic E-state index is 13.6. The van der Waals surface area contributed by atoms with Crippen LogP contribution in [0.3, 0.4) is 0 Å². The number of halogens is 4. The highest BCUT2D eigenvalue weighted by molar-refractivity contribution is 6.30. The Morgan fingerprint density at radius 3 is 2.55 bits per heavy atom. The number of nitrogens with two attached hydrogens (primary N) is 2. The molecule has 0 spiro atoms. The second-order valence-electron chi connectivity index (χ2n) is 9.08. The van der Waals surface area contributed by atoms with Crippen molar-refractivity contribution in [1.82, 2.24) is 15.1 Å². The van der Waals surface area contributed by atoms with Crippen LogP contribution in [-0.2, 0) is 17.5 Å². The third-order valence-electron chi connectivity index (χ3n) is 6.36. The molecule has 2 amide bonds. The van der Waals surface area contributed by atoms with E-state index < -0.39 is 17.6 Å². The number of amides is 2. The number of benzene rings is 2. The zero-order valence-electron chi connectivity index (χ0n) is 20.4. The minimum absolute atomic E-state index is 0.0342. The Balaban J connectivity index is 1.52. The van der Waals surface area contributed by atoms with Gasteiger partial charge in [-0.15, -0.1) is 0 Å². The summed E-state index contributed by atoms with van der Waals surface area (Å²) in [6.07, 6.45) is -1.33. The Labute approximate surface area is 223 Å². The van der Waals surface area contributed by atoms with Crippen molar-refractivity contribution in [2.24, 2.45) is 11.5 Å². The predicted octanol–water partition coefficient (Wildman–Crippen LogP) is 3.61. The fourth-order valence-corrected chi connectivity index (χ4v) is 4.66. The highest BCUT2D eigenvalue weighted by Crippen LogP contribution is 2.34. The van der Waals surface area contributed by atoms with Gasteiger partial charge in [0.15, 0.2) is 0 Å². The summed E-state index contributed by atoms with van der Waals surface area (Å²) >= 11 is 5.98. The summed E-state index contributed by atoms with van der Waals surface area (Å²) in [5.74, 6) is -0.593. The molecule has 0 saturated carbocycles. The normalized spacial score (nSPS) is 16.5. The molecule has 8 nitrogen and oxygen atoms in total. The molecule has 0 aliphatic carbocycles. The predicted molar refractivity (Wildman–Crippen MR) is 139 cm³/mol. The van der Waals surface area contributed by atoms with E-state index in [0.717, 1.165) is 18.9 Å². The molecule has 6 N–H and O–H groups in total. The van der Waals surface area contributed by atoms with E-state index in [1.807, 2.05) is 0 Å². The zero-order chi connectivity index (χ0) is 27.4. The molecule has 4 rings (SSSR count). The molecule has 38 heavy (non-hydrogen) atoms. The van der Waals surface area contributed by atoms with Gasteiger partial charge in [-0.1, -0.05) is 17.7 Å². The van der Waals surface area contributed by atoms with Crippen LogP contribution in [0.15, 0.2) is 65.8 Å². The highest BCUT2D eigenvalue weighted by Gasteiger charge is 2.34. The number of hydrogen-bond donors (Lipinski definition) is 4. The van der Waals surface area contributed by atoms with Gasteiger partial charge in [-0.25, -0.2) is 0 Å². The molecule has 0 bridgehead atoms. The number of carbonyl (C=O) groups is 2. The summed E-state index contributed by atoms with van der Waals surface area (Å²) < 4.78 is 40.7. The lowest BCUT2D eigenvalue weighted by molar-refractivity contribution is -0.138. The van der Waals surface area contributed by atoms with Gasteiger partial charge >= 0.3 is 6.18 Å². The van der Waals surface area contributed by atoms with E-state index in [2.05, 4.69) is 10.6 Å². The van der Waals surface area contributed by atoms with E-state index >= 15 is 0 Å². The number of nitrogens with one attached hydrogen (secondary N) is 2. The number of nitrogens with zero attached hydrogens (tertiary/aromatic N) is 2. The maximum Gasteiger partial charge on any atom is 0.416 e. The van der Waals surface area contributed by atoms with Crippen molar-refractivity contribution in [1.29, 1.82) is 0 Å². The van der Waals surface area contributed by atoms with Gasteiger partial charge in [-0.05, 0) is 60.9 Å². The summed E-state index contributed by atoms with van der Waals surface area (Å²) in [7, 11) is 0. The van der Waals surface area contributed by atoms with Crippen LogP contribution < -0.4 is 22.1 Å². The standard InChI is InChI=1S/C26H28ClF3N6O2/c27-18-6-7-20(26(28,29)30)17(12-18)15-36-11-8-33-23(32)22(36)14-21(31)24(37)34-19-5-3-4-16(13-19)25(38)35-9-1-2-10-35/h3-7,12-14,33H,1-2,8-11,15,31-32H2,(H,34,37)/b21-14-. The van der Waals surface area contributed by atoms with Gasteiger partial charge in [0.25, 0.3) is 11.8 Å². The largest absolute Gasteiger partial charge is 0.416 e. The molecule has 0 atom stereocenters. The summed E-state index contributed by atoms with van der Waals surface area (Å²) in [6.45, 7) is 1.94. The van der Waals surface area contributed by atoms with E-state index in [0.29, 0.717) is 37.4 Å². The quantitative estimate of drug-likeness (QED) is 0.410. The Kier molecular flexibility index (Phi) is 8.05. The summed E-state index contributed by atoms with van der Waals surface area (Å²) in [5.41, 5.74) is 12.2. The number of anilines is 1. The van der Waals surface area contributed by atoms with E-state index in [-0.39, 0.29) is 40.3 Å². The lowest BCUT2D eigenvalue weighted by Gasteiger charge is -2.33. The number of alkyl halides is 3. The first kappa shape index (κ1) is 27.2. The third kappa shape index (κ3) is 6.34. The molecule has 2 heterocycles. The molecule has 2 aromatic rings. The molecule has 0 aromatic heterocycles. The second-order valence-corrected chi connectivity index (χ2v) is 9.52. The molecule has 202 valence electrons. The smallest absolute Gasteiger partial charge is 0.394 e. The minimum Gasteiger partial charge on any atom is -0.394 e. The Morgan fingerprint density at radius 2 is 1.84 bits per heavy atom. The van der Waals surface area contributed by atoms with Crippen LogP contribution in [0.4, 0.5) is 18.9 Å². The number of likely N-dealkylation sites (tertiary alicyclic amines) is 1. The molecular weight excluding hydrogens is 521 g/mol. The Bertz CT molecular complexity index is 1290. The molecule has 12 heteroatoms. The van der Waals surface area contributed by atoms with E-state index in [1.54, 1.807) is 34.1 Å². The number of hydrogen-bond acceptors (Lipinski definition) is 6. The zero-order valence-corrected chi connectivity index (χ0v) is 21.2. The van der Waals surface area contributed by atoms with Crippen molar-refractivity contribution in [2.45, 2.75) is 25.6 Å². The summed E-state index contributed by atoms with van der Waals surface area (Å²) in [6, 6.07) is 9.93. The first-order valence-electron chi connectivity index (χ1n) is 12.0. The van der Waals surface area contributed by atoms with Crippen molar-refractivity contribution in [3.8, 4) is 0 Å². The van der Waals surface area contributed by atoms with Crippen LogP contribution in [0.5, 0.6) is 0 Å². The van der Waals surface area contributed by atoms with Gasteiger partial charge in [0.1, 0.15) is 5.82 Å². The van der Waals surface area contributed by atoms with Gasteiger partial charge in [0, 0.05) is 49.0 Å². The van der Waals surface area contributed by atoms with E-state index in [1.165, 1.54) is 18.2 Å². The lowest BCUT2D eigenvalue weighted by atomic mass is 10.1. The Hall–Kier alpha value is -3.86. The van der Waals surface area contributed by atoms with Crippen LogP contribution in [0, 0.1) is 0 Å². The molecular formula is C26H28ClF3N6O2. The molecule has 0 radical (unpaired) electrons. The van der Waals surface area contributed by atoms with Gasteiger partial charge in [0.05, 0.1) is 17.0 Å². The van der Waals surface area contributed by atoms with Crippen LogP contribution >= 0.6 is 11.6 Å². The fourth-order valence-electron chi connectivity index (χ4n) is 4.46. The average Bonchev–Trinajstić information content (AvgIpc) is 3.40. The Morgan fingerprint density at radius 1 is 1.11 bits per heavy atom. The van der Waals surface area contributed by atoms with Crippen molar-refractivity contribution in [3.63, 3.8) is 0 Å². The van der Waals surface area contributed by atoms with E-state index in [9.17, 15) is 22.8 Å². The number of carbonyl (C=O) groups excluding carboxylic acids is 2. The fraction of sp³-hybridized carbons (Fsp3) is 0.308. The van der Waals surface area contributed by atoms with Crippen LogP contribution in [0.2, 0.25) is 5.02 Å². The molecule has 1 saturated heterocycles. The van der Waals surface area contributed by atoms with Gasteiger partial charge < -0.3 is 31.9 Å². The average molecular weight is 549 g/mol. The van der Waals surface area contributed by atoms with Crippen molar-refractivity contribution in [2.75, 3.05) is 31.5 Å². The molecule has 2 aliphatic rings. The SMILES string of the molecule is NC1=C(/C=C(\N)C(=O)Nc2cccc(C(=O)N3CCCC3)c2)N(Cc2cc(Cl)ccc2C(F)(F)F)CCN1. The van der Waals surface area contributed by atoms with Crippen molar-refractivity contribution >= 4 is 29.1 Å².